The first kappa shape index (κ1) is 13.6. The summed E-state index contributed by atoms with van der Waals surface area (Å²) in [6.45, 7) is 6.02. The summed E-state index contributed by atoms with van der Waals surface area (Å²) in [7, 11) is 0. The lowest BCUT2D eigenvalue weighted by molar-refractivity contribution is -0.118. The minimum Gasteiger partial charge on any atom is -0.356 e. The molecule has 0 fully saturated rings. The fraction of sp³-hybridized carbons (Fsp3) is 0.417. The summed E-state index contributed by atoms with van der Waals surface area (Å²) < 4.78 is 12.7. The van der Waals surface area contributed by atoms with Crippen molar-refractivity contribution in [3.8, 4) is 0 Å². The fourth-order valence-corrected chi connectivity index (χ4v) is 1.08. The Balaban J connectivity index is 0.000000921. The van der Waals surface area contributed by atoms with Crippen molar-refractivity contribution in [3.63, 3.8) is 0 Å². The molecule has 0 saturated carbocycles. The number of hydrogen-bond acceptors (Lipinski definition) is 1. The SMILES string of the molecule is CC.CC(=O)NCCc1cccc(F)c1. The highest BCUT2D eigenvalue weighted by Crippen LogP contribution is 2.03. The highest BCUT2D eigenvalue weighted by molar-refractivity contribution is 5.72. The van der Waals surface area contributed by atoms with E-state index >= 15 is 0 Å². The molecule has 0 saturated heterocycles. The van der Waals surface area contributed by atoms with Crippen LogP contribution in [0.4, 0.5) is 4.39 Å². The number of carbonyl (C=O) groups is 1. The lowest BCUT2D eigenvalue weighted by Crippen LogP contribution is -2.22. The zero-order valence-electron chi connectivity index (χ0n) is 9.51. The highest BCUT2D eigenvalue weighted by atomic mass is 19.1. The van der Waals surface area contributed by atoms with E-state index in [0.29, 0.717) is 13.0 Å². The quantitative estimate of drug-likeness (QED) is 0.817. The van der Waals surface area contributed by atoms with E-state index in [9.17, 15) is 9.18 Å². The van der Waals surface area contributed by atoms with Gasteiger partial charge in [0.05, 0.1) is 0 Å². The third-order valence-electron chi connectivity index (χ3n) is 1.68. The van der Waals surface area contributed by atoms with E-state index in [4.69, 9.17) is 0 Å². The predicted octanol–water partition coefficient (Wildman–Crippen LogP) is 2.53. The number of hydrogen-bond donors (Lipinski definition) is 1. The second-order valence-corrected chi connectivity index (χ2v) is 2.86. The van der Waals surface area contributed by atoms with Crippen LogP contribution in [0.2, 0.25) is 0 Å². The average Bonchev–Trinajstić information content (AvgIpc) is 2.20. The summed E-state index contributed by atoms with van der Waals surface area (Å²) in [5.41, 5.74) is 0.897. The van der Waals surface area contributed by atoms with Gasteiger partial charge < -0.3 is 5.32 Å². The van der Waals surface area contributed by atoms with Crippen LogP contribution >= 0.6 is 0 Å². The predicted molar refractivity (Wildman–Crippen MR) is 60.1 cm³/mol. The van der Waals surface area contributed by atoms with E-state index in [1.165, 1.54) is 19.1 Å². The van der Waals surface area contributed by atoms with Crippen molar-refractivity contribution < 1.29 is 9.18 Å². The van der Waals surface area contributed by atoms with Crippen LogP contribution in [0.3, 0.4) is 0 Å². The molecule has 0 aliphatic heterocycles. The topological polar surface area (TPSA) is 29.1 Å². The van der Waals surface area contributed by atoms with Crippen LogP contribution in [-0.2, 0) is 11.2 Å². The van der Waals surface area contributed by atoms with Gasteiger partial charge in [-0.25, -0.2) is 4.39 Å². The standard InChI is InChI=1S/C10H12FNO.C2H6/c1-8(13)12-6-5-9-3-2-4-10(11)7-9;1-2/h2-4,7H,5-6H2,1H3,(H,12,13);1-2H3. The van der Waals surface area contributed by atoms with E-state index in [-0.39, 0.29) is 11.7 Å². The van der Waals surface area contributed by atoms with Gasteiger partial charge in [0.15, 0.2) is 0 Å². The Morgan fingerprint density at radius 3 is 2.60 bits per heavy atom. The number of carbonyl (C=O) groups excluding carboxylic acids is 1. The number of amides is 1. The van der Waals surface area contributed by atoms with Gasteiger partial charge in [-0.15, -0.1) is 0 Å². The smallest absolute Gasteiger partial charge is 0.216 e. The summed E-state index contributed by atoms with van der Waals surface area (Å²) in [5.74, 6) is -0.295. The zero-order chi connectivity index (χ0) is 11.7. The minimum absolute atomic E-state index is 0.0589. The third kappa shape index (κ3) is 6.66. The molecule has 1 aromatic carbocycles. The van der Waals surface area contributed by atoms with Gasteiger partial charge in [-0.3, -0.25) is 4.79 Å². The molecule has 1 aromatic rings. The molecule has 0 bridgehead atoms. The highest BCUT2D eigenvalue weighted by Gasteiger charge is 1.95. The first-order valence-corrected chi connectivity index (χ1v) is 5.17. The summed E-state index contributed by atoms with van der Waals surface area (Å²) in [6.07, 6.45) is 0.664. The Bertz CT molecular complexity index is 299. The van der Waals surface area contributed by atoms with Gasteiger partial charge in [0.2, 0.25) is 5.91 Å². The molecule has 0 spiro atoms. The second-order valence-electron chi connectivity index (χ2n) is 2.86. The molecule has 84 valence electrons. The maximum atomic E-state index is 12.7. The molecular formula is C12H18FNO. The lowest BCUT2D eigenvalue weighted by Gasteiger charge is -2.01. The van der Waals surface area contributed by atoms with E-state index in [1.54, 1.807) is 6.07 Å². The van der Waals surface area contributed by atoms with E-state index in [1.807, 2.05) is 19.9 Å². The van der Waals surface area contributed by atoms with Crippen LogP contribution in [-0.4, -0.2) is 12.5 Å². The number of halogens is 1. The first-order valence-electron chi connectivity index (χ1n) is 5.17. The molecule has 0 radical (unpaired) electrons. The maximum Gasteiger partial charge on any atom is 0.216 e. The van der Waals surface area contributed by atoms with E-state index in [2.05, 4.69) is 5.32 Å². The Kier molecular flexibility index (Phi) is 7.24. The molecule has 15 heavy (non-hydrogen) atoms. The van der Waals surface area contributed by atoms with Gasteiger partial charge in [0, 0.05) is 13.5 Å². The summed E-state index contributed by atoms with van der Waals surface area (Å²) in [5, 5.41) is 2.65. The van der Waals surface area contributed by atoms with Crippen molar-refractivity contribution >= 4 is 5.91 Å². The van der Waals surface area contributed by atoms with Gasteiger partial charge in [0.1, 0.15) is 5.82 Å². The molecule has 0 atom stereocenters. The average molecular weight is 211 g/mol. The maximum absolute atomic E-state index is 12.7. The normalized spacial score (nSPS) is 8.80. The zero-order valence-corrected chi connectivity index (χ0v) is 9.51. The van der Waals surface area contributed by atoms with Gasteiger partial charge in [0.25, 0.3) is 0 Å². The lowest BCUT2D eigenvalue weighted by atomic mass is 10.1. The van der Waals surface area contributed by atoms with Crippen molar-refractivity contribution in [2.24, 2.45) is 0 Å². The van der Waals surface area contributed by atoms with Crippen LogP contribution in [0.1, 0.15) is 26.3 Å². The van der Waals surface area contributed by atoms with Crippen molar-refractivity contribution in [2.45, 2.75) is 27.2 Å². The van der Waals surface area contributed by atoms with Gasteiger partial charge in [-0.2, -0.15) is 0 Å². The summed E-state index contributed by atoms with van der Waals surface area (Å²) in [6, 6.07) is 6.38. The van der Waals surface area contributed by atoms with Crippen LogP contribution in [0.25, 0.3) is 0 Å². The Morgan fingerprint density at radius 1 is 1.40 bits per heavy atom. The van der Waals surface area contributed by atoms with Crippen LogP contribution in [0, 0.1) is 5.82 Å². The Morgan fingerprint density at radius 2 is 2.07 bits per heavy atom. The van der Waals surface area contributed by atoms with Crippen molar-refractivity contribution in [3.05, 3.63) is 35.6 Å². The number of benzene rings is 1. The number of nitrogens with one attached hydrogen (secondary N) is 1. The summed E-state index contributed by atoms with van der Waals surface area (Å²) in [4.78, 5) is 10.5. The monoisotopic (exact) mass is 211 g/mol. The van der Waals surface area contributed by atoms with Crippen LogP contribution < -0.4 is 5.32 Å². The molecule has 0 heterocycles. The molecule has 1 N–H and O–H groups in total. The van der Waals surface area contributed by atoms with Crippen LogP contribution in [0.5, 0.6) is 0 Å². The third-order valence-corrected chi connectivity index (χ3v) is 1.68. The second kappa shape index (κ2) is 7.97. The molecule has 0 unspecified atom stereocenters. The molecular weight excluding hydrogens is 193 g/mol. The number of rotatable bonds is 3. The Hall–Kier alpha value is -1.38. The molecule has 0 aliphatic carbocycles. The van der Waals surface area contributed by atoms with E-state index < -0.39 is 0 Å². The van der Waals surface area contributed by atoms with Gasteiger partial charge in [-0.1, -0.05) is 26.0 Å². The molecule has 0 aliphatic rings. The molecule has 2 nitrogen and oxygen atoms in total. The first-order chi connectivity index (χ1) is 7.18. The molecule has 3 heteroatoms. The molecule has 1 amide bonds. The van der Waals surface area contributed by atoms with Crippen molar-refractivity contribution in [1.82, 2.24) is 5.32 Å². The van der Waals surface area contributed by atoms with Gasteiger partial charge >= 0.3 is 0 Å². The van der Waals surface area contributed by atoms with Gasteiger partial charge in [-0.05, 0) is 24.1 Å². The molecule has 1 rings (SSSR count). The fourth-order valence-electron chi connectivity index (χ4n) is 1.08. The van der Waals surface area contributed by atoms with Crippen LogP contribution in [0.15, 0.2) is 24.3 Å². The van der Waals surface area contributed by atoms with Crippen molar-refractivity contribution in [2.75, 3.05) is 6.54 Å². The van der Waals surface area contributed by atoms with Crippen molar-refractivity contribution in [1.29, 1.82) is 0 Å². The Labute approximate surface area is 90.5 Å². The largest absolute Gasteiger partial charge is 0.356 e. The van der Waals surface area contributed by atoms with E-state index in [0.717, 1.165) is 5.56 Å². The summed E-state index contributed by atoms with van der Waals surface area (Å²) >= 11 is 0. The minimum atomic E-state index is -0.236. The molecule has 0 aromatic heterocycles.